The SMILES string of the molecule is COC(=O)C1C(OC(=O)c2ccc(N=[N+]=[N-])cc2)CC2CCC1N2C. The zero-order chi connectivity index (χ0) is 18.0. The minimum atomic E-state index is -0.495. The average molecular weight is 344 g/mol. The number of rotatable bonds is 4. The Morgan fingerprint density at radius 2 is 2.00 bits per heavy atom. The fourth-order valence-electron chi connectivity index (χ4n) is 3.91. The Hall–Kier alpha value is -2.57. The van der Waals surface area contributed by atoms with Gasteiger partial charge in [0.05, 0.1) is 12.7 Å². The van der Waals surface area contributed by atoms with Crippen LogP contribution in [0.3, 0.4) is 0 Å². The molecule has 0 N–H and O–H groups in total. The van der Waals surface area contributed by atoms with Gasteiger partial charge in [0.15, 0.2) is 0 Å². The normalized spacial score (nSPS) is 28.1. The number of fused-ring (bicyclic) bond motifs is 2. The summed E-state index contributed by atoms with van der Waals surface area (Å²) in [6, 6.07) is 6.54. The van der Waals surface area contributed by atoms with Crippen molar-refractivity contribution in [2.45, 2.75) is 37.5 Å². The number of hydrogen-bond donors (Lipinski definition) is 0. The van der Waals surface area contributed by atoms with Gasteiger partial charge in [0.2, 0.25) is 0 Å². The molecule has 4 atom stereocenters. The number of piperidine rings is 1. The Labute approximate surface area is 145 Å². The minimum Gasteiger partial charge on any atom is -0.469 e. The Kier molecular flexibility index (Phi) is 4.92. The number of azide groups is 1. The van der Waals surface area contributed by atoms with Gasteiger partial charge in [0.1, 0.15) is 12.0 Å². The third-order valence-electron chi connectivity index (χ3n) is 5.21. The van der Waals surface area contributed by atoms with Crippen molar-refractivity contribution in [1.82, 2.24) is 4.90 Å². The van der Waals surface area contributed by atoms with Gasteiger partial charge in [-0.1, -0.05) is 17.2 Å². The Bertz CT molecular complexity index is 714. The first kappa shape index (κ1) is 17.3. The maximum atomic E-state index is 12.5. The second-order valence-corrected chi connectivity index (χ2v) is 6.43. The molecular formula is C17H20N4O4. The number of hydrogen-bond acceptors (Lipinski definition) is 6. The van der Waals surface area contributed by atoms with Crippen molar-refractivity contribution in [3.8, 4) is 0 Å². The van der Waals surface area contributed by atoms with Crippen molar-refractivity contribution in [2.24, 2.45) is 11.0 Å². The fraction of sp³-hybridized carbons (Fsp3) is 0.529. The highest BCUT2D eigenvalue weighted by atomic mass is 16.6. The minimum absolute atomic E-state index is 0.0383. The number of benzene rings is 1. The molecule has 2 bridgehead atoms. The van der Waals surface area contributed by atoms with E-state index >= 15 is 0 Å². The van der Waals surface area contributed by atoms with E-state index < -0.39 is 18.0 Å². The van der Waals surface area contributed by atoms with Crippen molar-refractivity contribution in [2.75, 3.05) is 14.2 Å². The highest BCUT2D eigenvalue weighted by Gasteiger charge is 2.50. The maximum Gasteiger partial charge on any atom is 0.338 e. The van der Waals surface area contributed by atoms with Crippen LogP contribution in [-0.2, 0) is 14.3 Å². The molecule has 2 saturated heterocycles. The number of methoxy groups -OCH3 is 1. The first-order valence-corrected chi connectivity index (χ1v) is 8.21. The third kappa shape index (κ3) is 3.31. The van der Waals surface area contributed by atoms with Crippen LogP contribution in [0.25, 0.3) is 10.4 Å². The molecule has 8 heteroatoms. The molecule has 8 nitrogen and oxygen atoms in total. The Balaban J connectivity index is 1.76. The van der Waals surface area contributed by atoms with E-state index in [-0.39, 0.29) is 12.0 Å². The van der Waals surface area contributed by atoms with E-state index in [2.05, 4.69) is 14.9 Å². The summed E-state index contributed by atoms with van der Waals surface area (Å²) in [6.45, 7) is 0. The first-order valence-electron chi connectivity index (χ1n) is 8.21. The largest absolute Gasteiger partial charge is 0.469 e. The summed E-state index contributed by atoms with van der Waals surface area (Å²) >= 11 is 0. The number of nitrogens with zero attached hydrogens (tertiary/aromatic N) is 4. The van der Waals surface area contributed by atoms with Gasteiger partial charge in [-0.3, -0.25) is 9.69 Å². The van der Waals surface area contributed by atoms with E-state index in [0.717, 1.165) is 12.8 Å². The summed E-state index contributed by atoms with van der Waals surface area (Å²) < 4.78 is 10.6. The molecule has 25 heavy (non-hydrogen) atoms. The standard InChI is InChI=1S/C17H20N4O4/c1-21-12-7-8-13(21)15(17(23)24-2)14(9-12)25-16(22)10-3-5-11(6-4-10)19-20-18/h3-6,12-15H,7-9H2,1-2H3. The topological polar surface area (TPSA) is 105 Å². The quantitative estimate of drug-likeness (QED) is 0.361. The highest BCUT2D eigenvalue weighted by Crippen LogP contribution is 2.40. The molecule has 0 saturated carbocycles. The van der Waals surface area contributed by atoms with Crippen LogP contribution in [0, 0.1) is 5.92 Å². The van der Waals surface area contributed by atoms with Gasteiger partial charge in [-0.05, 0) is 37.6 Å². The molecular weight excluding hydrogens is 324 g/mol. The third-order valence-corrected chi connectivity index (χ3v) is 5.21. The van der Waals surface area contributed by atoms with E-state index in [4.69, 9.17) is 15.0 Å². The van der Waals surface area contributed by atoms with E-state index in [0.29, 0.717) is 23.7 Å². The molecule has 1 aromatic carbocycles. The molecule has 0 aliphatic carbocycles. The van der Waals surface area contributed by atoms with Crippen molar-refractivity contribution < 1.29 is 19.1 Å². The molecule has 0 radical (unpaired) electrons. The van der Waals surface area contributed by atoms with Crippen LogP contribution in [0.5, 0.6) is 0 Å². The predicted molar refractivity (Wildman–Crippen MR) is 89.1 cm³/mol. The number of carbonyl (C=O) groups excluding carboxylic acids is 2. The molecule has 2 heterocycles. The van der Waals surface area contributed by atoms with Gasteiger partial charge >= 0.3 is 11.9 Å². The molecule has 2 aliphatic rings. The Morgan fingerprint density at radius 3 is 2.64 bits per heavy atom. The van der Waals surface area contributed by atoms with Gasteiger partial charge < -0.3 is 9.47 Å². The highest BCUT2D eigenvalue weighted by molar-refractivity contribution is 5.90. The van der Waals surface area contributed by atoms with E-state index in [1.54, 1.807) is 24.3 Å². The summed E-state index contributed by atoms with van der Waals surface area (Å²) in [5, 5.41) is 3.47. The Morgan fingerprint density at radius 1 is 1.28 bits per heavy atom. The van der Waals surface area contributed by atoms with Crippen molar-refractivity contribution in [3.63, 3.8) is 0 Å². The van der Waals surface area contributed by atoms with Gasteiger partial charge in [-0.2, -0.15) is 0 Å². The second kappa shape index (κ2) is 7.13. The summed E-state index contributed by atoms with van der Waals surface area (Å²) in [6.07, 6.45) is 2.01. The van der Waals surface area contributed by atoms with Crippen LogP contribution in [0.15, 0.2) is 29.4 Å². The van der Waals surface area contributed by atoms with Crippen LogP contribution in [0.1, 0.15) is 29.6 Å². The lowest BCUT2D eigenvalue weighted by Crippen LogP contribution is -2.53. The lowest BCUT2D eigenvalue weighted by molar-refractivity contribution is -0.156. The summed E-state index contributed by atoms with van der Waals surface area (Å²) in [7, 11) is 3.36. The predicted octanol–water partition coefficient (Wildman–Crippen LogP) is 2.81. The number of carbonyl (C=O) groups is 2. The summed E-state index contributed by atoms with van der Waals surface area (Å²) in [5.74, 6) is -1.30. The lowest BCUT2D eigenvalue weighted by atomic mass is 9.87. The fourth-order valence-corrected chi connectivity index (χ4v) is 3.91. The van der Waals surface area contributed by atoms with Gasteiger partial charge in [0, 0.05) is 29.1 Å². The molecule has 4 unspecified atom stereocenters. The number of esters is 2. The maximum absolute atomic E-state index is 12.5. The second-order valence-electron chi connectivity index (χ2n) is 6.43. The molecule has 132 valence electrons. The van der Waals surface area contributed by atoms with Gasteiger partial charge in [-0.15, -0.1) is 0 Å². The molecule has 2 aliphatic heterocycles. The molecule has 0 amide bonds. The molecule has 0 spiro atoms. The van der Waals surface area contributed by atoms with E-state index in [1.165, 1.54) is 7.11 Å². The smallest absolute Gasteiger partial charge is 0.338 e. The van der Waals surface area contributed by atoms with Crippen LogP contribution in [0.4, 0.5) is 5.69 Å². The van der Waals surface area contributed by atoms with Crippen LogP contribution in [-0.4, -0.2) is 49.2 Å². The average Bonchev–Trinajstić information content (AvgIpc) is 2.85. The zero-order valence-electron chi connectivity index (χ0n) is 14.2. The van der Waals surface area contributed by atoms with Crippen molar-refractivity contribution in [1.29, 1.82) is 0 Å². The first-order chi connectivity index (χ1) is 12.0. The number of ether oxygens (including phenoxy) is 2. The molecule has 0 aromatic heterocycles. The van der Waals surface area contributed by atoms with E-state index in [9.17, 15) is 9.59 Å². The summed E-state index contributed by atoms with van der Waals surface area (Å²) in [5.41, 5.74) is 9.19. The van der Waals surface area contributed by atoms with E-state index in [1.807, 2.05) is 7.05 Å². The lowest BCUT2D eigenvalue weighted by Gasteiger charge is -2.40. The van der Waals surface area contributed by atoms with Crippen LogP contribution in [0.2, 0.25) is 0 Å². The van der Waals surface area contributed by atoms with Crippen LogP contribution >= 0.6 is 0 Å². The molecule has 2 fully saturated rings. The van der Waals surface area contributed by atoms with Crippen LogP contribution < -0.4 is 0 Å². The van der Waals surface area contributed by atoms with Gasteiger partial charge in [0.25, 0.3) is 0 Å². The van der Waals surface area contributed by atoms with Crippen molar-refractivity contribution in [3.05, 3.63) is 40.3 Å². The molecule has 1 aromatic rings. The molecule has 3 rings (SSSR count). The van der Waals surface area contributed by atoms with Gasteiger partial charge in [-0.25, -0.2) is 4.79 Å². The zero-order valence-corrected chi connectivity index (χ0v) is 14.2. The monoisotopic (exact) mass is 344 g/mol. The summed E-state index contributed by atoms with van der Waals surface area (Å²) in [4.78, 5) is 29.6. The van der Waals surface area contributed by atoms with Crippen molar-refractivity contribution >= 4 is 17.6 Å².